The zero-order valence-electron chi connectivity index (χ0n) is 33.8. The van der Waals surface area contributed by atoms with Crippen molar-refractivity contribution >= 4 is 14.6 Å². The molecule has 4 aromatic carbocycles. The van der Waals surface area contributed by atoms with Crippen molar-refractivity contribution in [3.8, 4) is 23.0 Å². The molecule has 0 aliphatic carbocycles. The first-order chi connectivity index (χ1) is 26.4. The fraction of sp³-hybridized carbons (Fsp3) is 0.478. The molecule has 0 aromatic heterocycles. The van der Waals surface area contributed by atoms with Crippen LogP contribution in [-0.2, 0) is 10.9 Å². The van der Waals surface area contributed by atoms with Gasteiger partial charge in [0.15, 0.2) is 14.6 Å². The molecule has 0 saturated heterocycles. The molecule has 0 fully saturated rings. The van der Waals surface area contributed by atoms with Gasteiger partial charge >= 0.3 is 0 Å². The monoisotopic (exact) mass is 733 g/mol. The molecule has 0 atom stereocenters. The van der Waals surface area contributed by atoms with Gasteiger partial charge in [-0.3, -0.25) is 0 Å². The predicted octanol–water partition coefficient (Wildman–Crippen LogP) is 9.91. The highest BCUT2D eigenvalue weighted by Gasteiger charge is 2.32. The zero-order valence-corrected chi connectivity index (χ0v) is 33.8. The van der Waals surface area contributed by atoms with Crippen LogP contribution >= 0.6 is 0 Å². The van der Waals surface area contributed by atoms with Crippen LogP contribution in [0.4, 0.5) is 0 Å². The van der Waals surface area contributed by atoms with E-state index < -0.39 is 10.9 Å². The van der Waals surface area contributed by atoms with Gasteiger partial charge in [0.05, 0.1) is 26.4 Å². The van der Waals surface area contributed by atoms with E-state index in [-0.39, 0.29) is 0 Å². The van der Waals surface area contributed by atoms with Crippen LogP contribution < -0.4 is 30.4 Å². The fourth-order valence-electron chi connectivity index (χ4n) is 6.80. The van der Waals surface area contributed by atoms with Gasteiger partial charge in [-0.2, -0.15) is 0 Å². The minimum Gasteiger partial charge on any atom is -0.494 e. The van der Waals surface area contributed by atoms with Crippen LogP contribution in [0.2, 0.25) is 12.6 Å². The van der Waals surface area contributed by atoms with Crippen molar-refractivity contribution in [1.29, 1.82) is 0 Å². The van der Waals surface area contributed by atoms with Gasteiger partial charge in [-0.05, 0) is 96.5 Å². The molecule has 0 spiro atoms. The van der Waals surface area contributed by atoms with E-state index in [1.165, 1.54) is 0 Å². The second-order valence-electron chi connectivity index (χ2n) is 14.8. The molecule has 290 valence electrons. The Morgan fingerprint density at radius 2 is 0.593 bits per heavy atom. The first-order valence-electron chi connectivity index (χ1n) is 20.9. The molecule has 0 aliphatic heterocycles. The largest absolute Gasteiger partial charge is 0.494 e. The van der Waals surface area contributed by atoms with Crippen LogP contribution in [0.5, 0.6) is 23.0 Å². The molecular weight excluding hydrogens is 666 g/mol. The molecule has 4 aromatic rings. The van der Waals surface area contributed by atoms with Crippen molar-refractivity contribution in [1.82, 2.24) is 0 Å². The summed E-state index contributed by atoms with van der Waals surface area (Å²) in [6.45, 7) is 11.6. The standard InChI is InChI=1S/C46H66B2N2O4/c1-5-9-33-51-41-23-15-37(16-24-41)45(49,38-17-25-42(26-18-38)52-34-10-6-2)47-31-13-14-32-48-46(50,39-19-27-43(28-20-39)53-35-11-7-3)40-21-29-44(30-22-40)54-36-12-8-4/h15-30,47-48H,5-14,31-36,49-50H2,1-4H3. The summed E-state index contributed by atoms with van der Waals surface area (Å²) in [4.78, 5) is 0. The Balaban J connectivity index is 1.44. The van der Waals surface area contributed by atoms with Crippen molar-refractivity contribution in [2.45, 2.75) is 115 Å². The second-order valence-corrected chi connectivity index (χ2v) is 14.8. The summed E-state index contributed by atoms with van der Waals surface area (Å²) >= 11 is 0. The summed E-state index contributed by atoms with van der Waals surface area (Å²) < 4.78 is 23.9. The minimum atomic E-state index is -0.636. The predicted molar refractivity (Wildman–Crippen MR) is 230 cm³/mol. The van der Waals surface area contributed by atoms with Crippen molar-refractivity contribution in [2.24, 2.45) is 11.5 Å². The summed E-state index contributed by atoms with van der Waals surface area (Å²) in [5, 5.41) is 0. The Labute approximate surface area is 328 Å². The molecule has 8 heteroatoms. The highest BCUT2D eigenvalue weighted by molar-refractivity contribution is 6.42. The Bertz CT molecular complexity index is 1350. The smallest absolute Gasteiger partial charge is 0.157 e. The van der Waals surface area contributed by atoms with E-state index in [4.69, 9.17) is 30.4 Å². The number of benzene rings is 4. The molecule has 0 saturated carbocycles. The topological polar surface area (TPSA) is 89.0 Å². The van der Waals surface area contributed by atoms with Crippen LogP contribution in [0.3, 0.4) is 0 Å². The maximum Gasteiger partial charge on any atom is 0.157 e. The lowest BCUT2D eigenvalue weighted by molar-refractivity contribution is 0.309. The summed E-state index contributed by atoms with van der Waals surface area (Å²) in [5.41, 5.74) is 17.9. The van der Waals surface area contributed by atoms with Gasteiger partial charge < -0.3 is 30.4 Å². The molecule has 0 unspecified atom stereocenters. The van der Waals surface area contributed by atoms with Gasteiger partial charge in [0, 0.05) is 10.9 Å². The van der Waals surface area contributed by atoms with Gasteiger partial charge in [-0.15, -0.1) is 0 Å². The zero-order chi connectivity index (χ0) is 38.5. The Morgan fingerprint density at radius 3 is 0.796 bits per heavy atom. The lowest BCUT2D eigenvalue weighted by Gasteiger charge is -2.32. The Kier molecular flexibility index (Phi) is 18.4. The van der Waals surface area contributed by atoms with E-state index in [2.05, 4.69) is 125 Å². The van der Waals surface area contributed by atoms with Gasteiger partial charge in [0.25, 0.3) is 0 Å². The highest BCUT2D eigenvalue weighted by atomic mass is 16.5. The van der Waals surface area contributed by atoms with Crippen LogP contribution in [0.25, 0.3) is 0 Å². The van der Waals surface area contributed by atoms with Gasteiger partial charge in [0.2, 0.25) is 0 Å². The maximum atomic E-state index is 7.40. The van der Waals surface area contributed by atoms with Crippen molar-refractivity contribution in [2.75, 3.05) is 26.4 Å². The third-order valence-electron chi connectivity index (χ3n) is 10.4. The van der Waals surface area contributed by atoms with Crippen LogP contribution in [-0.4, -0.2) is 41.0 Å². The van der Waals surface area contributed by atoms with Crippen molar-refractivity contribution in [3.63, 3.8) is 0 Å². The molecule has 0 bridgehead atoms. The Morgan fingerprint density at radius 1 is 0.370 bits per heavy atom. The third-order valence-corrected chi connectivity index (χ3v) is 10.4. The molecule has 0 radical (unpaired) electrons. The highest BCUT2D eigenvalue weighted by Crippen LogP contribution is 2.33. The number of hydrogen-bond donors (Lipinski definition) is 2. The molecule has 4 N–H and O–H groups in total. The SMILES string of the molecule is CCCCOc1ccc(C(N)(BCCCCBC(N)(c2ccc(OCCCC)cc2)c2ccc(OCCCC)cc2)c2ccc(OCCCC)cc2)cc1. The summed E-state index contributed by atoms with van der Waals surface area (Å²) in [5.74, 6) is 3.54. The first kappa shape index (κ1) is 42.9. The quantitative estimate of drug-likeness (QED) is 0.0469. The van der Waals surface area contributed by atoms with E-state index in [0.717, 1.165) is 163 Å². The van der Waals surface area contributed by atoms with Crippen LogP contribution in [0, 0.1) is 0 Å². The number of unbranched alkanes of at least 4 members (excludes halogenated alkanes) is 5. The average Bonchev–Trinajstić information content (AvgIpc) is 3.20. The minimum absolute atomic E-state index is 0.636. The van der Waals surface area contributed by atoms with Crippen LogP contribution in [0.15, 0.2) is 97.1 Å². The number of hydrogen-bond acceptors (Lipinski definition) is 6. The van der Waals surface area contributed by atoms with E-state index in [1.54, 1.807) is 0 Å². The molecule has 6 nitrogen and oxygen atoms in total. The lowest BCUT2D eigenvalue weighted by atomic mass is 9.49. The van der Waals surface area contributed by atoms with E-state index in [1.807, 2.05) is 0 Å². The normalized spacial score (nSPS) is 11.6. The second kappa shape index (κ2) is 23.1. The van der Waals surface area contributed by atoms with Gasteiger partial charge in [0.1, 0.15) is 23.0 Å². The van der Waals surface area contributed by atoms with Gasteiger partial charge in [-0.25, -0.2) is 0 Å². The Hall–Kier alpha value is -3.87. The van der Waals surface area contributed by atoms with E-state index in [0.29, 0.717) is 0 Å². The maximum absolute atomic E-state index is 7.40. The van der Waals surface area contributed by atoms with Crippen molar-refractivity contribution in [3.05, 3.63) is 119 Å². The summed E-state index contributed by atoms with van der Waals surface area (Å²) in [7, 11) is 1.65. The van der Waals surface area contributed by atoms with E-state index >= 15 is 0 Å². The summed E-state index contributed by atoms with van der Waals surface area (Å²) in [6.07, 6.45) is 12.7. The average molecular weight is 733 g/mol. The lowest BCUT2D eigenvalue weighted by Crippen LogP contribution is -2.44. The molecular formula is C46H66B2N2O4. The molecule has 0 aliphatic rings. The number of rotatable bonds is 27. The first-order valence-corrected chi connectivity index (χ1v) is 20.9. The van der Waals surface area contributed by atoms with Crippen LogP contribution in [0.1, 0.15) is 114 Å². The molecule has 54 heavy (non-hydrogen) atoms. The summed E-state index contributed by atoms with van der Waals surface area (Å²) in [6, 6.07) is 33.6. The van der Waals surface area contributed by atoms with E-state index in [9.17, 15) is 0 Å². The molecule has 4 rings (SSSR count). The number of nitrogens with two attached hydrogens (primary N) is 2. The van der Waals surface area contributed by atoms with Crippen molar-refractivity contribution < 1.29 is 18.9 Å². The molecule has 0 amide bonds. The number of ether oxygens (including phenoxy) is 4. The third kappa shape index (κ3) is 12.9. The molecule has 0 heterocycles. The fourth-order valence-corrected chi connectivity index (χ4v) is 6.80. The van der Waals surface area contributed by atoms with Gasteiger partial charge in [-0.1, -0.05) is 127 Å².